The van der Waals surface area contributed by atoms with E-state index >= 15 is 0 Å². The molecule has 0 unspecified atom stereocenters. The molecule has 3 rings (SSSR count). The predicted octanol–water partition coefficient (Wildman–Crippen LogP) is 2.81. The van der Waals surface area contributed by atoms with E-state index in [1.165, 1.54) is 0 Å². The standard InChI is InChI=1S/C15H17N3O2.ClH/c1-3-17-10-14-16-11(15(19)20-4-2)9-18(14)13-8-6-5-7-12(13)17;/h5-9H,3-4,10H2,1-2H3;1H. The SMILES string of the molecule is CCOC(=O)c1cn2c(n1)CN(CC)c1ccccc1-2.Cl. The van der Waals surface area contributed by atoms with Crippen molar-refractivity contribution in [2.45, 2.75) is 20.4 Å². The summed E-state index contributed by atoms with van der Waals surface area (Å²) >= 11 is 0. The molecule has 0 atom stereocenters. The normalized spacial score (nSPS) is 12.2. The molecule has 0 saturated heterocycles. The van der Waals surface area contributed by atoms with Crippen LogP contribution in [0.15, 0.2) is 30.5 Å². The lowest BCUT2D eigenvalue weighted by Gasteiger charge is -2.30. The van der Waals surface area contributed by atoms with Crippen molar-refractivity contribution in [3.63, 3.8) is 0 Å². The van der Waals surface area contributed by atoms with E-state index in [2.05, 4.69) is 22.9 Å². The number of imidazole rings is 1. The van der Waals surface area contributed by atoms with Crippen LogP contribution in [0.25, 0.3) is 5.69 Å². The molecule has 1 aromatic heterocycles. The monoisotopic (exact) mass is 307 g/mol. The predicted molar refractivity (Wildman–Crippen MR) is 83.5 cm³/mol. The summed E-state index contributed by atoms with van der Waals surface area (Å²) in [7, 11) is 0. The second-order valence-electron chi connectivity index (χ2n) is 4.64. The zero-order chi connectivity index (χ0) is 14.1. The van der Waals surface area contributed by atoms with Gasteiger partial charge in [0.15, 0.2) is 5.69 Å². The number of esters is 1. The number of hydrogen-bond donors (Lipinski definition) is 0. The van der Waals surface area contributed by atoms with Crippen molar-refractivity contribution < 1.29 is 9.53 Å². The van der Waals surface area contributed by atoms with E-state index in [4.69, 9.17) is 4.74 Å². The zero-order valence-electron chi connectivity index (χ0n) is 12.1. The number of rotatable bonds is 3. The molecule has 0 saturated carbocycles. The molecule has 0 spiro atoms. The molecule has 0 aliphatic carbocycles. The molecule has 2 heterocycles. The summed E-state index contributed by atoms with van der Waals surface area (Å²) in [5, 5.41) is 0. The van der Waals surface area contributed by atoms with Gasteiger partial charge in [0.1, 0.15) is 5.82 Å². The van der Waals surface area contributed by atoms with Gasteiger partial charge >= 0.3 is 5.97 Å². The molecule has 1 aliphatic rings. The van der Waals surface area contributed by atoms with Crippen LogP contribution in [0, 0.1) is 0 Å². The molecule has 5 nitrogen and oxygen atoms in total. The van der Waals surface area contributed by atoms with Crippen LogP contribution in [0.5, 0.6) is 0 Å². The smallest absolute Gasteiger partial charge is 0.358 e. The van der Waals surface area contributed by atoms with Gasteiger partial charge < -0.3 is 9.64 Å². The molecule has 0 fully saturated rings. The maximum atomic E-state index is 11.8. The Kier molecular flexibility index (Phi) is 4.53. The van der Waals surface area contributed by atoms with Crippen LogP contribution >= 0.6 is 12.4 Å². The minimum atomic E-state index is -0.366. The molecule has 0 N–H and O–H groups in total. The molecule has 1 aliphatic heterocycles. The summed E-state index contributed by atoms with van der Waals surface area (Å²) < 4.78 is 7.00. The van der Waals surface area contributed by atoms with Gasteiger partial charge in [-0.15, -0.1) is 12.4 Å². The van der Waals surface area contributed by atoms with Crippen molar-refractivity contribution >= 4 is 24.1 Å². The van der Waals surface area contributed by atoms with E-state index in [1.807, 2.05) is 22.8 Å². The second-order valence-corrected chi connectivity index (χ2v) is 4.64. The quantitative estimate of drug-likeness (QED) is 0.818. The first-order valence-corrected chi connectivity index (χ1v) is 6.84. The van der Waals surface area contributed by atoms with E-state index in [0.29, 0.717) is 18.8 Å². The number of nitrogens with zero attached hydrogens (tertiary/aromatic N) is 3. The van der Waals surface area contributed by atoms with Crippen LogP contribution in [0.1, 0.15) is 30.2 Å². The van der Waals surface area contributed by atoms with Crippen LogP contribution in [-0.4, -0.2) is 28.7 Å². The Morgan fingerprint density at radius 2 is 2.00 bits per heavy atom. The van der Waals surface area contributed by atoms with Crippen molar-refractivity contribution in [2.24, 2.45) is 0 Å². The van der Waals surface area contributed by atoms with Gasteiger partial charge in [-0.1, -0.05) is 12.1 Å². The first-order valence-electron chi connectivity index (χ1n) is 6.84. The fourth-order valence-corrected chi connectivity index (χ4v) is 2.52. The van der Waals surface area contributed by atoms with Gasteiger partial charge in [0, 0.05) is 12.7 Å². The minimum absolute atomic E-state index is 0. The Morgan fingerprint density at radius 3 is 2.67 bits per heavy atom. The van der Waals surface area contributed by atoms with Crippen molar-refractivity contribution in [2.75, 3.05) is 18.1 Å². The third kappa shape index (κ3) is 2.61. The summed E-state index contributed by atoms with van der Waals surface area (Å²) in [5.41, 5.74) is 2.59. The van der Waals surface area contributed by atoms with E-state index in [-0.39, 0.29) is 18.4 Å². The van der Waals surface area contributed by atoms with Gasteiger partial charge in [-0.3, -0.25) is 4.57 Å². The lowest BCUT2D eigenvalue weighted by atomic mass is 10.2. The highest BCUT2D eigenvalue weighted by Crippen LogP contribution is 2.31. The third-order valence-corrected chi connectivity index (χ3v) is 3.46. The molecule has 0 radical (unpaired) electrons. The van der Waals surface area contributed by atoms with E-state index in [0.717, 1.165) is 23.7 Å². The Hall–Kier alpha value is -2.01. The van der Waals surface area contributed by atoms with Crippen molar-refractivity contribution in [1.82, 2.24) is 9.55 Å². The van der Waals surface area contributed by atoms with Gasteiger partial charge in [-0.2, -0.15) is 0 Å². The fourth-order valence-electron chi connectivity index (χ4n) is 2.52. The minimum Gasteiger partial charge on any atom is -0.461 e. The summed E-state index contributed by atoms with van der Waals surface area (Å²) in [5.74, 6) is 0.503. The number of anilines is 1. The molecule has 112 valence electrons. The van der Waals surface area contributed by atoms with Crippen LogP contribution in [0.3, 0.4) is 0 Å². The third-order valence-electron chi connectivity index (χ3n) is 3.46. The fraction of sp³-hybridized carbons (Fsp3) is 0.333. The van der Waals surface area contributed by atoms with E-state index < -0.39 is 0 Å². The molecule has 6 heteroatoms. The van der Waals surface area contributed by atoms with Crippen LogP contribution in [0.4, 0.5) is 5.69 Å². The molecule has 0 bridgehead atoms. The highest BCUT2D eigenvalue weighted by atomic mass is 35.5. The lowest BCUT2D eigenvalue weighted by Crippen LogP contribution is -2.29. The number of ether oxygens (including phenoxy) is 1. The number of para-hydroxylation sites is 2. The van der Waals surface area contributed by atoms with Gasteiger partial charge in [-0.05, 0) is 26.0 Å². The highest BCUT2D eigenvalue weighted by molar-refractivity contribution is 5.87. The Morgan fingerprint density at radius 1 is 1.29 bits per heavy atom. The number of benzene rings is 1. The van der Waals surface area contributed by atoms with Crippen LogP contribution in [0.2, 0.25) is 0 Å². The highest BCUT2D eigenvalue weighted by Gasteiger charge is 2.24. The van der Waals surface area contributed by atoms with Gasteiger partial charge in [-0.25, -0.2) is 9.78 Å². The molecular weight excluding hydrogens is 290 g/mol. The van der Waals surface area contributed by atoms with E-state index in [9.17, 15) is 4.79 Å². The molecule has 21 heavy (non-hydrogen) atoms. The molecule has 2 aromatic rings. The number of hydrogen-bond acceptors (Lipinski definition) is 4. The van der Waals surface area contributed by atoms with Gasteiger partial charge in [0.05, 0.1) is 24.5 Å². The number of halogens is 1. The molecular formula is C15H18ClN3O2. The second kappa shape index (κ2) is 6.18. The molecule has 1 aromatic carbocycles. The molecule has 0 amide bonds. The van der Waals surface area contributed by atoms with Crippen LogP contribution in [-0.2, 0) is 11.3 Å². The average Bonchev–Trinajstić information content (AvgIpc) is 2.91. The largest absolute Gasteiger partial charge is 0.461 e. The first-order chi connectivity index (χ1) is 9.74. The Labute approximate surface area is 129 Å². The maximum Gasteiger partial charge on any atom is 0.358 e. The summed E-state index contributed by atoms with van der Waals surface area (Å²) in [6, 6.07) is 8.14. The Bertz CT molecular complexity index is 654. The van der Waals surface area contributed by atoms with E-state index in [1.54, 1.807) is 13.1 Å². The van der Waals surface area contributed by atoms with Crippen molar-refractivity contribution in [3.8, 4) is 5.69 Å². The number of carbonyl (C=O) groups excluding carboxylic acids is 1. The summed E-state index contributed by atoms with van der Waals surface area (Å²) in [6.45, 7) is 5.87. The number of fused-ring (bicyclic) bond motifs is 3. The van der Waals surface area contributed by atoms with Crippen molar-refractivity contribution in [1.29, 1.82) is 0 Å². The first kappa shape index (κ1) is 15.4. The van der Waals surface area contributed by atoms with Crippen molar-refractivity contribution in [3.05, 3.63) is 42.0 Å². The van der Waals surface area contributed by atoms with Gasteiger partial charge in [0.2, 0.25) is 0 Å². The average molecular weight is 308 g/mol. The Balaban J connectivity index is 0.00000161. The maximum absolute atomic E-state index is 11.8. The number of carbonyl (C=O) groups is 1. The van der Waals surface area contributed by atoms with Gasteiger partial charge in [0.25, 0.3) is 0 Å². The lowest BCUT2D eigenvalue weighted by molar-refractivity contribution is 0.0520. The summed E-state index contributed by atoms with van der Waals surface area (Å²) in [4.78, 5) is 18.5. The zero-order valence-corrected chi connectivity index (χ0v) is 12.9. The van der Waals surface area contributed by atoms with Crippen LogP contribution < -0.4 is 4.90 Å². The summed E-state index contributed by atoms with van der Waals surface area (Å²) in [6.07, 6.45) is 1.76. The number of aromatic nitrogens is 2. The topological polar surface area (TPSA) is 47.4 Å².